The topological polar surface area (TPSA) is 61.8 Å². The monoisotopic (exact) mass is 234 g/mol. The van der Waals surface area contributed by atoms with E-state index in [4.69, 9.17) is 9.47 Å². The molecular weight excluding hydrogens is 220 g/mol. The first-order chi connectivity index (χ1) is 7.17. The summed E-state index contributed by atoms with van der Waals surface area (Å²) >= 11 is 0. The predicted octanol–water partition coefficient (Wildman–Crippen LogP) is -0.186. The van der Waals surface area contributed by atoms with E-state index in [0.29, 0.717) is 31.8 Å². The normalized spacial score (nSPS) is 34.2. The summed E-state index contributed by atoms with van der Waals surface area (Å²) in [7, 11) is 0.138. The number of carbonyl (C=O) groups is 1. The van der Waals surface area contributed by atoms with Crippen LogP contribution in [0.1, 0.15) is 12.8 Å². The van der Waals surface area contributed by atoms with Crippen LogP contribution in [-0.2, 0) is 29.8 Å². The highest BCUT2D eigenvalue weighted by Crippen LogP contribution is 2.34. The van der Waals surface area contributed by atoms with Crippen LogP contribution < -0.4 is 0 Å². The van der Waals surface area contributed by atoms with Crippen molar-refractivity contribution in [1.82, 2.24) is 0 Å². The Morgan fingerprint density at radius 2 is 2.13 bits per heavy atom. The number of carbonyl (C=O) groups excluding carboxylic acids is 1. The molecule has 6 heteroatoms. The first-order valence-corrected chi connectivity index (χ1v) is 6.28. The first kappa shape index (κ1) is 11.0. The summed E-state index contributed by atoms with van der Waals surface area (Å²) < 4.78 is 27.2. The standard InChI is InChI=1S/C9H14O5S/c1-12-8(10)7-6-9(2-5-15(7)11)13-3-4-14-9/h7H,2-6H2,1H3. The molecule has 5 nitrogen and oxygen atoms in total. The summed E-state index contributed by atoms with van der Waals surface area (Å²) in [6, 6.07) is 0. The second-order valence-electron chi connectivity index (χ2n) is 3.66. The van der Waals surface area contributed by atoms with E-state index < -0.39 is 27.8 Å². The van der Waals surface area contributed by atoms with Gasteiger partial charge in [-0.3, -0.25) is 9.00 Å². The van der Waals surface area contributed by atoms with Crippen molar-refractivity contribution in [2.75, 3.05) is 26.1 Å². The molecule has 86 valence electrons. The summed E-state index contributed by atoms with van der Waals surface area (Å²) in [6.45, 7) is 1.08. The Bertz CT molecular complexity index is 276. The lowest BCUT2D eigenvalue weighted by atomic mass is 10.1. The molecule has 15 heavy (non-hydrogen) atoms. The van der Waals surface area contributed by atoms with Crippen molar-refractivity contribution in [2.24, 2.45) is 0 Å². The molecule has 2 rings (SSSR count). The van der Waals surface area contributed by atoms with E-state index in [1.165, 1.54) is 7.11 Å². The maximum absolute atomic E-state index is 11.6. The fourth-order valence-corrected chi connectivity index (χ4v) is 3.50. The van der Waals surface area contributed by atoms with Gasteiger partial charge in [-0.2, -0.15) is 0 Å². The molecule has 0 N–H and O–H groups in total. The molecule has 0 aromatic heterocycles. The second-order valence-corrected chi connectivity index (χ2v) is 5.40. The van der Waals surface area contributed by atoms with Gasteiger partial charge < -0.3 is 14.2 Å². The zero-order valence-corrected chi connectivity index (χ0v) is 9.38. The zero-order valence-electron chi connectivity index (χ0n) is 8.56. The van der Waals surface area contributed by atoms with Crippen molar-refractivity contribution in [3.8, 4) is 0 Å². The summed E-state index contributed by atoms with van der Waals surface area (Å²) in [4.78, 5) is 11.4. The number of hydrogen-bond acceptors (Lipinski definition) is 5. The van der Waals surface area contributed by atoms with Crippen molar-refractivity contribution >= 4 is 16.8 Å². The Hall–Kier alpha value is -0.460. The summed E-state index contributed by atoms with van der Waals surface area (Å²) in [5.41, 5.74) is 0. The van der Waals surface area contributed by atoms with Gasteiger partial charge >= 0.3 is 5.97 Å². The van der Waals surface area contributed by atoms with Gasteiger partial charge in [0.1, 0.15) is 5.25 Å². The maximum atomic E-state index is 11.6. The lowest BCUT2D eigenvalue weighted by Crippen LogP contribution is -2.46. The zero-order chi connectivity index (χ0) is 10.9. The van der Waals surface area contributed by atoms with Crippen LogP contribution in [0.4, 0.5) is 0 Å². The molecule has 2 fully saturated rings. The average molecular weight is 234 g/mol. The van der Waals surface area contributed by atoms with Crippen LogP contribution in [0.15, 0.2) is 0 Å². The average Bonchev–Trinajstić information content (AvgIpc) is 2.70. The van der Waals surface area contributed by atoms with Crippen molar-refractivity contribution in [1.29, 1.82) is 0 Å². The Morgan fingerprint density at radius 1 is 1.47 bits per heavy atom. The van der Waals surface area contributed by atoms with Crippen molar-refractivity contribution in [3.05, 3.63) is 0 Å². The highest BCUT2D eigenvalue weighted by Gasteiger charge is 2.47. The number of esters is 1. The molecule has 2 heterocycles. The van der Waals surface area contributed by atoms with Gasteiger partial charge in [0.05, 0.1) is 20.3 Å². The SMILES string of the molecule is COC(=O)C1CC2(CCS1=O)OCCO2. The van der Waals surface area contributed by atoms with Gasteiger partial charge in [-0.25, -0.2) is 0 Å². The Morgan fingerprint density at radius 3 is 2.73 bits per heavy atom. The molecule has 0 bridgehead atoms. The maximum Gasteiger partial charge on any atom is 0.321 e. The summed E-state index contributed by atoms with van der Waals surface area (Å²) in [5.74, 6) is -0.696. The lowest BCUT2D eigenvalue weighted by molar-refractivity contribution is -0.171. The Balaban J connectivity index is 2.10. The van der Waals surface area contributed by atoms with Crippen LogP contribution in [0.3, 0.4) is 0 Å². The van der Waals surface area contributed by atoms with E-state index >= 15 is 0 Å². The van der Waals surface area contributed by atoms with Gasteiger partial charge in [0.25, 0.3) is 0 Å². The van der Waals surface area contributed by atoms with E-state index in [0.717, 1.165) is 0 Å². The van der Waals surface area contributed by atoms with Crippen LogP contribution in [0.5, 0.6) is 0 Å². The lowest BCUT2D eigenvalue weighted by Gasteiger charge is -2.34. The molecule has 2 unspecified atom stereocenters. The number of methoxy groups -OCH3 is 1. The van der Waals surface area contributed by atoms with E-state index in [1.54, 1.807) is 0 Å². The third kappa shape index (κ3) is 2.07. The van der Waals surface area contributed by atoms with Crippen LogP contribution in [0, 0.1) is 0 Å². The van der Waals surface area contributed by atoms with Gasteiger partial charge in [0.15, 0.2) is 5.79 Å². The predicted molar refractivity (Wildman–Crippen MR) is 52.7 cm³/mol. The molecule has 0 amide bonds. The van der Waals surface area contributed by atoms with Gasteiger partial charge in [0.2, 0.25) is 0 Å². The number of hydrogen-bond donors (Lipinski definition) is 0. The van der Waals surface area contributed by atoms with Gasteiger partial charge in [0, 0.05) is 29.4 Å². The highest BCUT2D eigenvalue weighted by molar-refractivity contribution is 7.86. The molecule has 1 spiro atoms. The molecule has 2 aliphatic heterocycles. The minimum atomic E-state index is -1.16. The van der Waals surface area contributed by atoms with E-state index in [9.17, 15) is 9.00 Å². The third-order valence-electron chi connectivity index (χ3n) is 2.78. The molecule has 0 radical (unpaired) electrons. The van der Waals surface area contributed by atoms with E-state index in [-0.39, 0.29) is 0 Å². The van der Waals surface area contributed by atoms with Crippen LogP contribution in [0.25, 0.3) is 0 Å². The molecular formula is C9H14O5S. The third-order valence-corrected chi connectivity index (χ3v) is 4.38. The molecule has 2 atom stereocenters. The minimum absolute atomic E-state index is 0.340. The van der Waals surface area contributed by atoms with Crippen LogP contribution >= 0.6 is 0 Å². The number of ether oxygens (including phenoxy) is 3. The fourth-order valence-electron chi connectivity index (χ4n) is 1.96. The summed E-state index contributed by atoms with van der Waals surface area (Å²) in [6.07, 6.45) is 0.930. The van der Waals surface area contributed by atoms with Gasteiger partial charge in [-0.15, -0.1) is 0 Å². The Labute approximate surface area is 90.5 Å². The van der Waals surface area contributed by atoms with Crippen molar-refractivity contribution in [3.63, 3.8) is 0 Å². The van der Waals surface area contributed by atoms with E-state index in [1.807, 2.05) is 0 Å². The summed E-state index contributed by atoms with van der Waals surface area (Å²) in [5, 5.41) is -0.609. The molecule has 0 aromatic rings. The van der Waals surface area contributed by atoms with Crippen molar-refractivity contribution in [2.45, 2.75) is 23.9 Å². The largest absolute Gasteiger partial charge is 0.468 e. The van der Waals surface area contributed by atoms with Crippen LogP contribution in [-0.4, -0.2) is 47.3 Å². The van der Waals surface area contributed by atoms with E-state index in [2.05, 4.69) is 4.74 Å². The first-order valence-electron chi connectivity index (χ1n) is 4.90. The Kier molecular flexibility index (Phi) is 3.08. The quantitative estimate of drug-likeness (QED) is 0.589. The minimum Gasteiger partial charge on any atom is -0.468 e. The second kappa shape index (κ2) is 4.19. The molecule has 2 aliphatic rings. The van der Waals surface area contributed by atoms with Crippen molar-refractivity contribution < 1.29 is 23.2 Å². The molecule has 0 aliphatic carbocycles. The highest BCUT2D eigenvalue weighted by atomic mass is 32.2. The molecule has 0 saturated carbocycles. The van der Waals surface area contributed by atoms with Gasteiger partial charge in [-0.1, -0.05) is 0 Å². The smallest absolute Gasteiger partial charge is 0.321 e. The van der Waals surface area contributed by atoms with Crippen LogP contribution in [0.2, 0.25) is 0 Å². The van der Waals surface area contributed by atoms with Gasteiger partial charge in [-0.05, 0) is 0 Å². The molecule has 2 saturated heterocycles. The molecule has 0 aromatic carbocycles. The fraction of sp³-hybridized carbons (Fsp3) is 0.889. The number of rotatable bonds is 1.